The number of hydrogen-bond donors (Lipinski definition) is 0. The Labute approximate surface area is 68.6 Å². The lowest BCUT2D eigenvalue weighted by Gasteiger charge is -2.12. The molecule has 0 aromatic heterocycles. The van der Waals surface area contributed by atoms with Crippen LogP contribution in [0.1, 0.15) is 32.1 Å². The molecule has 1 fully saturated rings. The maximum absolute atomic E-state index is 9.86. The highest BCUT2D eigenvalue weighted by atomic mass is 16.1. The second kappa shape index (κ2) is 5.30. The van der Waals surface area contributed by atoms with Crippen LogP contribution in [0.2, 0.25) is 0 Å². The Balaban J connectivity index is 1.89. The highest BCUT2D eigenvalue weighted by Crippen LogP contribution is 2.08. The van der Waals surface area contributed by atoms with Crippen molar-refractivity contribution in [2.75, 3.05) is 19.6 Å². The standard InChI is InChI=1S/C9H16NO/c11-9-5-1-2-6-10-7-3-4-8-10/h1-8H2. The van der Waals surface area contributed by atoms with E-state index in [9.17, 15) is 4.79 Å². The van der Waals surface area contributed by atoms with Crippen LogP contribution < -0.4 is 0 Å². The van der Waals surface area contributed by atoms with E-state index >= 15 is 0 Å². The normalized spacial score (nSPS) is 18.9. The maximum atomic E-state index is 9.86. The number of carbonyl (C=O) groups excluding carboxylic acids is 1. The number of hydrogen-bond acceptors (Lipinski definition) is 2. The highest BCUT2D eigenvalue weighted by molar-refractivity contribution is 5.50. The van der Waals surface area contributed by atoms with Crippen LogP contribution in [-0.2, 0) is 4.79 Å². The predicted molar refractivity (Wildman–Crippen MR) is 45.2 cm³/mol. The molecular weight excluding hydrogens is 138 g/mol. The fraction of sp³-hybridized carbons (Fsp3) is 0.889. The van der Waals surface area contributed by atoms with Crippen molar-refractivity contribution in [3.63, 3.8) is 0 Å². The SMILES string of the molecule is O=[C]CCCCN1CCCC1. The van der Waals surface area contributed by atoms with Crippen LogP contribution in [-0.4, -0.2) is 30.8 Å². The average molecular weight is 154 g/mol. The van der Waals surface area contributed by atoms with Gasteiger partial charge in [0.15, 0.2) is 6.29 Å². The lowest BCUT2D eigenvalue weighted by molar-refractivity contribution is 0.331. The van der Waals surface area contributed by atoms with Gasteiger partial charge in [0, 0.05) is 6.42 Å². The van der Waals surface area contributed by atoms with Crippen molar-refractivity contribution in [2.24, 2.45) is 0 Å². The monoisotopic (exact) mass is 154 g/mol. The third-order valence-corrected chi connectivity index (χ3v) is 2.20. The van der Waals surface area contributed by atoms with Gasteiger partial charge in [-0.1, -0.05) is 0 Å². The first kappa shape index (κ1) is 8.72. The van der Waals surface area contributed by atoms with Crippen LogP contribution in [0.4, 0.5) is 0 Å². The zero-order chi connectivity index (χ0) is 7.94. The van der Waals surface area contributed by atoms with Crippen molar-refractivity contribution in [1.82, 2.24) is 4.90 Å². The van der Waals surface area contributed by atoms with Gasteiger partial charge >= 0.3 is 0 Å². The molecule has 0 bridgehead atoms. The van der Waals surface area contributed by atoms with E-state index < -0.39 is 0 Å². The minimum absolute atomic E-state index is 0.619. The number of nitrogens with zero attached hydrogens (tertiary/aromatic N) is 1. The minimum atomic E-state index is 0.619. The molecule has 63 valence electrons. The summed E-state index contributed by atoms with van der Waals surface area (Å²) in [5, 5.41) is 0. The zero-order valence-electron chi connectivity index (χ0n) is 7.01. The van der Waals surface area contributed by atoms with Crippen molar-refractivity contribution in [3.05, 3.63) is 0 Å². The number of rotatable bonds is 5. The van der Waals surface area contributed by atoms with E-state index in [1.54, 1.807) is 0 Å². The summed E-state index contributed by atoms with van der Waals surface area (Å²) in [7, 11) is 0. The summed E-state index contributed by atoms with van der Waals surface area (Å²) < 4.78 is 0. The fourth-order valence-corrected chi connectivity index (χ4v) is 1.54. The van der Waals surface area contributed by atoms with Gasteiger partial charge in [0.1, 0.15) is 0 Å². The molecule has 1 radical (unpaired) electrons. The molecule has 0 aromatic rings. The van der Waals surface area contributed by atoms with Crippen molar-refractivity contribution in [1.29, 1.82) is 0 Å². The Hall–Kier alpha value is -0.370. The first-order chi connectivity index (χ1) is 5.43. The zero-order valence-corrected chi connectivity index (χ0v) is 7.01. The molecule has 0 unspecified atom stereocenters. The molecule has 0 N–H and O–H groups in total. The van der Waals surface area contributed by atoms with Gasteiger partial charge in [0.05, 0.1) is 0 Å². The molecule has 2 heteroatoms. The summed E-state index contributed by atoms with van der Waals surface area (Å²) in [5.74, 6) is 0. The average Bonchev–Trinajstić information content (AvgIpc) is 2.50. The molecule has 2 nitrogen and oxygen atoms in total. The smallest absolute Gasteiger partial charge is 0.198 e. The summed E-state index contributed by atoms with van der Waals surface area (Å²) in [6.45, 7) is 3.72. The molecule has 1 rings (SSSR count). The van der Waals surface area contributed by atoms with Gasteiger partial charge in [-0.05, 0) is 45.3 Å². The Morgan fingerprint density at radius 2 is 1.91 bits per heavy atom. The second-order valence-electron chi connectivity index (χ2n) is 3.15. The molecule has 1 aliphatic heterocycles. The molecule has 0 aromatic carbocycles. The van der Waals surface area contributed by atoms with E-state index in [4.69, 9.17) is 0 Å². The van der Waals surface area contributed by atoms with Gasteiger partial charge in [0.25, 0.3) is 0 Å². The third-order valence-electron chi connectivity index (χ3n) is 2.20. The summed E-state index contributed by atoms with van der Waals surface area (Å²) in [6, 6.07) is 0. The lowest BCUT2D eigenvalue weighted by atomic mass is 10.2. The minimum Gasteiger partial charge on any atom is -0.303 e. The summed E-state index contributed by atoms with van der Waals surface area (Å²) in [6.07, 6.45) is 7.44. The third kappa shape index (κ3) is 3.51. The van der Waals surface area contributed by atoms with Crippen LogP contribution in [0.5, 0.6) is 0 Å². The molecule has 1 heterocycles. The Morgan fingerprint density at radius 3 is 2.55 bits per heavy atom. The van der Waals surface area contributed by atoms with Crippen LogP contribution in [0, 0.1) is 0 Å². The largest absolute Gasteiger partial charge is 0.303 e. The van der Waals surface area contributed by atoms with Gasteiger partial charge in [-0.25, -0.2) is 0 Å². The number of likely N-dealkylation sites (tertiary alicyclic amines) is 1. The molecular formula is C9H16NO. The second-order valence-corrected chi connectivity index (χ2v) is 3.15. The van der Waals surface area contributed by atoms with Crippen molar-refractivity contribution >= 4 is 6.29 Å². The van der Waals surface area contributed by atoms with E-state index in [-0.39, 0.29) is 0 Å². The fourth-order valence-electron chi connectivity index (χ4n) is 1.54. The summed E-state index contributed by atoms with van der Waals surface area (Å²) in [5.41, 5.74) is 0. The Bertz CT molecular complexity index is 108. The van der Waals surface area contributed by atoms with Gasteiger partial charge in [0.2, 0.25) is 0 Å². The van der Waals surface area contributed by atoms with E-state index in [0.29, 0.717) is 6.42 Å². The van der Waals surface area contributed by atoms with E-state index in [1.165, 1.54) is 32.5 Å². The van der Waals surface area contributed by atoms with Crippen molar-refractivity contribution < 1.29 is 4.79 Å². The topological polar surface area (TPSA) is 20.3 Å². The summed E-state index contributed by atoms with van der Waals surface area (Å²) >= 11 is 0. The van der Waals surface area contributed by atoms with E-state index in [1.807, 2.05) is 6.29 Å². The first-order valence-electron chi connectivity index (χ1n) is 4.51. The first-order valence-corrected chi connectivity index (χ1v) is 4.51. The van der Waals surface area contributed by atoms with E-state index in [2.05, 4.69) is 4.90 Å². The van der Waals surface area contributed by atoms with Gasteiger partial charge in [-0.2, -0.15) is 0 Å². The molecule has 0 saturated carbocycles. The predicted octanol–water partition coefficient (Wildman–Crippen LogP) is 1.36. The van der Waals surface area contributed by atoms with E-state index in [0.717, 1.165) is 12.8 Å². The Morgan fingerprint density at radius 1 is 1.18 bits per heavy atom. The quantitative estimate of drug-likeness (QED) is 0.557. The van der Waals surface area contributed by atoms with Crippen molar-refractivity contribution in [3.8, 4) is 0 Å². The van der Waals surface area contributed by atoms with Crippen LogP contribution in [0.15, 0.2) is 0 Å². The lowest BCUT2D eigenvalue weighted by Crippen LogP contribution is -2.20. The van der Waals surface area contributed by atoms with Crippen LogP contribution in [0.25, 0.3) is 0 Å². The van der Waals surface area contributed by atoms with Gasteiger partial charge < -0.3 is 4.90 Å². The molecule has 0 amide bonds. The van der Waals surface area contributed by atoms with Crippen LogP contribution >= 0.6 is 0 Å². The van der Waals surface area contributed by atoms with Crippen LogP contribution in [0.3, 0.4) is 0 Å². The Kier molecular flexibility index (Phi) is 4.21. The van der Waals surface area contributed by atoms with Gasteiger partial charge in [-0.3, -0.25) is 4.79 Å². The molecule has 0 aliphatic carbocycles. The molecule has 0 spiro atoms. The maximum Gasteiger partial charge on any atom is 0.198 e. The highest BCUT2D eigenvalue weighted by Gasteiger charge is 2.09. The van der Waals surface area contributed by atoms with Crippen molar-refractivity contribution in [2.45, 2.75) is 32.1 Å². The summed E-state index contributed by atoms with van der Waals surface area (Å²) in [4.78, 5) is 12.3. The molecule has 1 aliphatic rings. The molecule has 11 heavy (non-hydrogen) atoms. The number of unbranched alkanes of at least 4 members (excludes halogenated alkanes) is 2. The molecule has 1 saturated heterocycles. The molecule has 0 atom stereocenters. The van der Waals surface area contributed by atoms with Gasteiger partial charge in [-0.15, -0.1) is 0 Å².